The van der Waals surface area contributed by atoms with Gasteiger partial charge in [-0.25, -0.2) is 0 Å². The summed E-state index contributed by atoms with van der Waals surface area (Å²) in [6, 6.07) is 3.93. The molecule has 0 saturated carbocycles. The summed E-state index contributed by atoms with van der Waals surface area (Å²) in [5, 5.41) is 9.19. The molecular weight excluding hydrogens is 288 g/mol. The third-order valence-electron chi connectivity index (χ3n) is 3.46. The molecule has 1 saturated heterocycles. The number of nitrogens with zero attached hydrogens (tertiary/aromatic N) is 3. The first-order valence-electron chi connectivity index (χ1n) is 7.18. The lowest BCUT2D eigenvalue weighted by atomic mass is 10.2. The summed E-state index contributed by atoms with van der Waals surface area (Å²) < 4.78 is 5.23. The van der Waals surface area contributed by atoms with Gasteiger partial charge in [0.1, 0.15) is 0 Å². The number of piperazine rings is 1. The zero-order valence-corrected chi connectivity index (χ0v) is 12.6. The van der Waals surface area contributed by atoms with E-state index in [-0.39, 0.29) is 5.91 Å². The molecule has 0 aliphatic carbocycles. The summed E-state index contributed by atoms with van der Waals surface area (Å²) in [7, 11) is 0. The van der Waals surface area contributed by atoms with E-state index in [0.717, 1.165) is 37.5 Å². The number of aromatic nitrogens is 2. The molecule has 1 N–H and O–H groups in total. The van der Waals surface area contributed by atoms with Crippen LogP contribution in [0.4, 0.5) is 0 Å². The maximum Gasteiger partial charge on any atom is 0.226 e. The summed E-state index contributed by atoms with van der Waals surface area (Å²) in [4.78, 5) is 19.3. The molecule has 3 rings (SSSR count). The van der Waals surface area contributed by atoms with Crippen LogP contribution in [0, 0.1) is 0 Å². The lowest BCUT2D eigenvalue weighted by Crippen LogP contribution is -2.46. The Morgan fingerprint density at radius 2 is 2.29 bits per heavy atom. The molecule has 112 valence electrons. The fraction of sp³-hybridized carbons (Fsp3) is 0.500. The summed E-state index contributed by atoms with van der Waals surface area (Å²) in [5.74, 6) is 1.45. The number of aryl methyl sites for hydroxylation is 1. The van der Waals surface area contributed by atoms with Crippen molar-refractivity contribution < 1.29 is 9.32 Å². The summed E-state index contributed by atoms with van der Waals surface area (Å²) >= 11 is 1.59. The molecule has 0 unspecified atom stereocenters. The quantitative estimate of drug-likeness (QED) is 0.907. The number of carbonyl (C=O) groups is 1. The van der Waals surface area contributed by atoms with Crippen molar-refractivity contribution in [3.05, 3.63) is 23.4 Å². The molecule has 2 aromatic rings. The monoisotopic (exact) mass is 306 g/mol. The molecule has 1 aliphatic heterocycles. The molecule has 0 spiro atoms. The molecule has 1 amide bonds. The van der Waals surface area contributed by atoms with E-state index in [2.05, 4.69) is 15.5 Å². The van der Waals surface area contributed by atoms with E-state index in [0.29, 0.717) is 24.6 Å². The average Bonchev–Trinajstić information content (AvgIpc) is 3.19. The van der Waals surface area contributed by atoms with Crippen LogP contribution < -0.4 is 5.32 Å². The Labute approximate surface area is 127 Å². The minimum Gasteiger partial charge on any atom is -0.340 e. The topological polar surface area (TPSA) is 71.3 Å². The average molecular weight is 306 g/mol. The first-order valence-corrected chi connectivity index (χ1v) is 8.06. The van der Waals surface area contributed by atoms with Crippen LogP contribution in [0.1, 0.15) is 18.7 Å². The SMILES string of the molecule is O=C(CCCc1nc(-c2cccs2)no1)N1CCNCC1. The van der Waals surface area contributed by atoms with Crippen molar-refractivity contribution in [3.8, 4) is 10.7 Å². The molecule has 1 aliphatic rings. The number of thiophene rings is 1. The van der Waals surface area contributed by atoms with Crippen LogP contribution in [0.25, 0.3) is 10.7 Å². The predicted octanol–water partition coefficient (Wildman–Crippen LogP) is 1.55. The third-order valence-corrected chi connectivity index (χ3v) is 4.33. The van der Waals surface area contributed by atoms with Crippen molar-refractivity contribution in [3.63, 3.8) is 0 Å². The Balaban J connectivity index is 1.46. The lowest BCUT2D eigenvalue weighted by Gasteiger charge is -2.27. The molecule has 6 nitrogen and oxygen atoms in total. The van der Waals surface area contributed by atoms with Crippen LogP contribution in [0.15, 0.2) is 22.0 Å². The van der Waals surface area contributed by atoms with Gasteiger partial charge in [-0.15, -0.1) is 11.3 Å². The van der Waals surface area contributed by atoms with Crippen LogP contribution >= 0.6 is 11.3 Å². The van der Waals surface area contributed by atoms with Gasteiger partial charge in [-0.3, -0.25) is 4.79 Å². The summed E-state index contributed by atoms with van der Waals surface area (Å²) in [6.07, 6.45) is 1.93. The van der Waals surface area contributed by atoms with Crippen molar-refractivity contribution in [2.45, 2.75) is 19.3 Å². The minimum absolute atomic E-state index is 0.217. The van der Waals surface area contributed by atoms with Gasteiger partial charge in [-0.2, -0.15) is 4.98 Å². The molecule has 0 aromatic carbocycles. The van der Waals surface area contributed by atoms with Crippen molar-refractivity contribution in [2.75, 3.05) is 26.2 Å². The first kappa shape index (κ1) is 14.2. The normalized spacial score (nSPS) is 15.3. The predicted molar refractivity (Wildman–Crippen MR) is 80.0 cm³/mol. The molecule has 7 heteroatoms. The van der Waals surface area contributed by atoms with Crippen LogP contribution in [0.3, 0.4) is 0 Å². The van der Waals surface area contributed by atoms with Crippen molar-refractivity contribution in [1.29, 1.82) is 0 Å². The molecular formula is C14H18N4O2S. The first-order chi connectivity index (χ1) is 10.3. The summed E-state index contributed by atoms with van der Waals surface area (Å²) in [6.45, 7) is 3.39. The number of hydrogen-bond donors (Lipinski definition) is 1. The lowest BCUT2D eigenvalue weighted by molar-refractivity contribution is -0.131. The van der Waals surface area contributed by atoms with E-state index < -0.39 is 0 Å². The molecule has 0 bridgehead atoms. The molecule has 3 heterocycles. The largest absolute Gasteiger partial charge is 0.340 e. The second-order valence-electron chi connectivity index (χ2n) is 4.97. The van der Waals surface area contributed by atoms with Crippen LogP contribution in [0.2, 0.25) is 0 Å². The second kappa shape index (κ2) is 6.82. The number of hydrogen-bond acceptors (Lipinski definition) is 6. The van der Waals surface area contributed by atoms with E-state index in [9.17, 15) is 4.79 Å². The molecule has 2 aromatic heterocycles. The Kier molecular flexibility index (Phi) is 4.62. The van der Waals surface area contributed by atoms with E-state index in [1.54, 1.807) is 11.3 Å². The maximum atomic E-state index is 12.0. The van der Waals surface area contributed by atoms with Gasteiger partial charge >= 0.3 is 0 Å². The second-order valence-corrected chi connectivity index (χ2v) is 5.92. The van der Waals surface area contributed by atoms with Crippen LogP contribution in [-0.2, 0) is 11.2 Å². The van der Waals surface area contributed by atoms with E-state index in [1.165, 1.54) is 0 Å². The van der Waals surface area contributed by atoms with E-state index in [1.807, 2.05) is 22.4 Å². The highest BCUT2D eigenvalue weighted by Gasteiger charge is 2.16. The highest BCUT2D eigenvalue weighted by molar-refractivity contribution is 7.13. The van der Waals surface area contributed by atoms with Crippen LogP contribution in [-0.4, -0.2) is 47.1 Å². The smallest absolute Gasteiger partial charge is 0.226 e. The fourth-order valence-corrected chi connectivity index (χ4v) is 2.97. The number of carbonyl (C=O) groups excluding carboxylic acids is 1. The Bertz CT molecular complexity index is 576. The molecule has 0 radical (unpaired) electrons. The van der Waals surface area contributed by atoms with Gasteiger partial charge < -0.3 is 14.7 Å². The van der Waals surface area contributed by atoms with Gasteiger partial charge in [0.05, 0.1) is 4.88 Å². The zero-order valence-electron chi connectivity index (χ0n) is 11.7. The number of nitrogens with one attached hydrogen (secondary N) is 1. The summed E-state index contributed by atoms with van der Waals surface area (Å²) in [5.41, 5.74) is 0. The van der Waals surface area contributed by atoms with Crippen molar-refractivity contribution in [2.24, 2.45) is 0 Å². The molecule has 1 fully saturated rings. The van der Waals surface area contributed by atoms with Gasteiger partial charge in [0, 0.05) is 39.0 Å². The number of amides is 1. The third kappa shape index (κ3) is 3.68. The van der Waals surface area contributed by atoms with Crippen molar-refractivity contribution in [1.82, 2.24) is 20.4 Å². The Hall–Kier alpha value is -1.73. The molecule has 21 heavy (non-hydrogen) atoms. The zero-order chi connectivity index (χ0) is 14.5. The van der Waals surface area contributed by atoms with Gasteiger partial charge in [0.15, 0.2) is 0 Å². The number of rotatable bonds is 5. The van der Waals surface area contributed by atoms with E-state index in [4.69, 9.17) is 4.52 Å². The fourth-order valence-electron chi connectivity index (χ4n) is 2.33. The minimum atomic E-state index is 0.217. The maximum absolute atomic E-state index is 12.0. The van der Waals surface area contributed by atoms with Gasteiger partial charge in [0.25, 0.3) is 0 Å². The standard InChI is InChI=1S/C14H18N4O2S/c19-13(18-8-6-15-7-9-18)5-1-4-12-16-14(17-20-12)11-3-2-10-21-11/h2-3,10,15H,1,4-9H2. The Morgan fingerprint density at radius 3 is 3.05 bits per heavy atom. The highest BCUT2D eigenvalue weighted by Crippen LogP contribution is 2.21. The Morgan fingerprint density at radius 1 is 1.43 bits per heavy atom. The van der Waals surface area contributed by atoms with Gasteiger partial charge in [-0.1, -0.05) is 11.2 Å². The molecule has 0 atom stereocenters. The van der Waals surface area contributed by atoms with Gasteiger partial charge in [-0.05, 0) is 17.9 Å². The highest BCUT2D eigenvalue weighted by atomic mass is 32.1. The van der Waals surface area contributed by atoms with Crippen molar-refractivity contribution >= 4 is 17.2 Å². The van der Waals surface area contributed by atoms with E-state index >= 15 is 0 Å². The van der Waals surface area contributed by atoms with Crippen LogP contribution in [0.5, 0.6) is 0 Å². The van der Waals surface area contributed by atoms with Gasteiger partial charge in [0.2, 0.25) is 17.6 Å².